The third-order valence-corrected chi connectivity index (χ3v) is 7.09. The molecule has 0 aromatic carbocycles. The highest BCUT2D eigenvalue weighted by Crippen LogP contribution is 2.47. The van der Waals surface area contributed by atoms with Crippen molar-refractivity contribution >= 4 is 72.8 Å². The van der Waals surface area contributed by atoms with Gasteiger partial charge in [-0.25, -0.2) is 0 Å². The second-order valence-electron chi connectivity index (χ2n) is 0.523. The molecule has 0 rings (SSSR count). The molecule has 0 unspecified atom stereocenters. The largest absolute Gasteiger partial charge is 0.190 e. The average molecular weight is 364 g/mol. The highest BCUT2D eigenvalue weighted by Gasteiger charge is 2.14. The van der Waals surface area contributed by atoms with Gasteiger partial charge in [-0.1, -0.05) is 0 Å². The van der Waals surface area contributed by atoms with Crippen molar-refractivity contribution in [2.75, 3.05) is 0 Å². The number of alkyl halides is 3. The quantitative estimate of drug-likeness (QED) is 0.590. The van der Waals surface area contributed by atoms with Crippen LogP contribution in [0.4, 0.5) is 0 Å². The zero-order valence-electron chi connectivity index (χ0n) is 2.42. The van der Waals surface area contributed by atoms with Crippen LogP contribution in [-0.2, 0) is 0 Å². The molecule has 0 saturated heterocycles. The van der Waals surface area contributed by atoms with Crippen molar-refractivity contribution in [2.45, 2.75) is 1.47 Å². The minimum atomic E-state index is -0.188. The zero-order valence-corrected chi connectivity index (χ0v) is 9.58. The summed E-state index contributed by atoms with van der Waals surface area (Å²) in [7, 11) is 1.44. The summed E-state index contributed by atoms with van der Waals surface area (Å²) in [6, 6.07) is 0. The number of rotatable bonds is 0. The molecule has 0 spiro atoms. The fraction of sp³-hybridized carbons (Fsp3) is 1.00. The molecule has 0 atom stereocenters. The van der Waals surface area contributed by atoms with Gasteiger partial charge < -0.3 is 0 Å². The molecule has 0 aliphatic heterocycles. The maximum atomic E-state index is 3.23. The van der Waals surface area contributed by atoms with Gasteiger partial charge in [0.25, 0.3) is 0 Å². The van der Waals surface area contributed by atoms with Gasteiger partial charge in [-0.15, -0.1) is 0 Å². The number of halogens is 4. The van der Waals surface area contributed by atoms with Crippen LogP contribution < -0.4 is 0 Å². The minimum absolute atomic E-state index is 0.188. The van der Waals surface area contributed by atoms with Crippen molar-refractivity contribution in [3.8, 4) is 0 Å². The molecule has 5 heteroatoms. The lowest BCUT2D eigenvalue weighted by molar-refractivity contribution is 2.10. The van der Waals surface area contributed by atoms with E-state index in [9.17, 15) is 0 Å². The molecule has 0 radical (unpaired) electrons. The average Bonchev–Trinajstić information content (AvgIpc) is 1.35. The Bertz CT molecular complexity index is 37.3. The second-order valence-corrected chi connectivity index (χ2v) is 10.6. The molecule has 0 aliphatic rings. The monoisotopic (exact) mass is 360 g/mol. The molecule has 0 fully saturated rings. The van der Waals surface area contributed by atoms with Crippen LogP contribution in [-0.4, -0.2) is 1.47 Å². The van der Waals surface area contributed by atoms with E-state index >= 15 is 0 Å². The van der Waals surface area contributed by atoms with Crippen LogP contribution >= 0.6 is 72.8 Å². The molecule has 0 aliphatic carbocycles. The fourth-order valence-corrected chi connectivity index (χ4v) is 0. The van der Waals surface area contributed by atoms with Gasteiger partial charge >= 0.3 is 0 Å². The van der Waals surface area contributed by atoms with E-state index in [2.05, 4.69) is 62.6 Å². The van der Waals surface area contributed by atoms with Crippen LogP contribution in [0, 0.1) is 0 Å². The van der Waals surface area contributed by atoms with E-state index in [0.717, 1.165) is 0 Å². The van der Waals surface area contributed by atoms with E-state index in [-0.39, 0.29) is 1.47 Å². The summed E-state index contributed by atoms with van der Waals surface area (Å²) < 4.78 is -0.188. The Morgan fingerprint density at radius 2 is 1.33 bits per heavy atom. The van der Waals surface area contributed by atoms with E-state index in [1.54, 1.807) is 0 Å². The Hall–Kier alpha value is 2.27. The predicted molar refractivity (Wildman–Crippen MR) is 46.0 cm³/mol. The molecular weight excluding hydrogens is 364 g/mol. The molecule has 0 saturated carbocycles. The normalized spacial score (nSPS) is 12.0. The molecule has 6 heavy (non-hydrogen) atoms. The smallest absolute Gasteiger partial charge is 0.0468 e. The Labute approximate surface area is 73.4 Å². The predicted octanol–water partition coefficient (Wildman–Crippen LogP) is 3.83. The van der Waals surface area contributed by atoms with E-state index in [1.807, 2.05) is 0 Å². The van der Waals surface area contributed by atoms with Gasteiger partial charge in [0.15, 0.2) is 1.47 Å². The van der Waals surface area contributed by atoms with E-state index < -0.39 is 0 Å². The first kappa shape index (κ1) is 8.27. The van der Waals surface area contributed by atoms with Crippen LogP contribution in [0.15, 0.2) is 0 Å². The van der Waals surface area contributed by atoms with Gasteiger partial charge in [0.2, 0.25) is 0 Å². The first-order valence-corrected chi connectivity index (χ1v) is 5.96. The van der Waals surface area contributed by atoms with Crippen LogP contribution in [0.5, 0.6) is 0 Å². The SMILES string of the molecule is BrSC(Br)(Br)Br. The van der Waals surface area contributed by atoms with E-state index in [1.165, 1.54) is 10.2 Å². The molecule has 38 valence electrons. The highest BCUT2D eigenvalue weighted by atomic mass is 80.0. The zero-order chi connectivity index (χ0) is 5.21. The van der Waals surface area contributed by atoms with Crippen molar-refractivity contribution in [2.24, 2.45) is 0 Å². The lowest BCUT2D eigenvalue weighted by Crippen LogP contribution is -1.81. The van der Waals surface area contributed by atoms with Gasteiger partial charge in [-0.3, -0.25) is 0 Å². The Kier molecular flexibility index (Phi) is 4.58. The molecule has 0 N–H and O–H groups in total. The fourth-order valence-electron chi connectivity index (χ4n) is 0. The summed E-state index contributed by atoms with van der Waals surface area (Å²) in [6.07, 6.45) is 0. The highest BCUT2D eigenvalue weighted by molar-refractivity contribution is 9.58. The maximum Gasteiger partial charge on any atom is 0.190 e. The summed E-state index contributed by atoms with van der Waals surface area (Å²) in [5.74, 6) is 0. The van der Waals surface area contributed by atoms with Crippen LogP contribution in [0.1, 0.15) is 0 Å². The third kappa shape index (κ3) is 6.27. The summed E-state index contributed by atoms with van der Waals surface area (Å²) in [5.41, 5.74) is 0. The topological polar surface area (TPSA) is 0 Å². The van der Waals surface area contributed by atoms with Crippen molar-refractivity contribution < 1.29 is 0 Å². The molecular formula is CBr4S. The van der Waals surface area contributed by atoms with Crippen molar-refractivity contribution in [1.82, 2.24) is 0 Å². The standard InChI is InChI=1S/CBr4S/c2-1(3,4)6-5. The number of hydrogen-bond donors (Lipinski definition) is 0. The first-order chi connectivity index (χ1) is 2.56. The van der Waals surface area contributed by atoms with Gasteiger partial charge in [-0.05, 0) is 72.8 Å². The van der Waals surface area contributed by atoms with Gasteiger partial charge in [-0.2, -0.15) is 0 Å². The Balaban J connectivity index is 3.17. The van der Waals surface area contributed by atoms with Gasteiger partial charge in [0.05, 0.1) is 0 Å². The van der Waals surface area contributed by atoms with Crippen LogP contribution in [0.25, 0.3) is 0 Å². The number of hydrogen-bond acceptors (Lipinski definition) is 1. The molecule has 0 heterocycles. The Morgan fingerprint density at radius 3 is 1.33 bits per heavy atom. The van der Waals surface area contributed by atoms with Crippen molar-refractivity contribution in [1.29, 1.82) is 0 Å². The third-order valence-electron chi connectivity index (χ3n) is 0.0875. The van der Waals surface area contributed by atoms with Gasteiger partial charge in [0.1, 0.15) is 0 Å². The van der Waals surface area contributed by atoms with E-state index in [4.69, 9.17) is 0 Å². The van der Waals surface area contributed by atoms with Crippen molar-refractivity contribution in [3.05, 3.63) is 0 Å². The lowest BCUT2D eigenvalue weighted by atomic mass is 11.9. The van der Waals surface area contributed by atoms with Crippen LogP contribution in [0.3, 0.4) is 0 Å². The summed E-state index contributed by atoms with van der Waals surface area (Å²) in [4.78, 5) is 0. The first-order valence-electron chi connectivity index (χ1n) is 0.925. The molecule has 0 bridgehead atoms. The summed E-state index contributed by atoms with van der Waals surface area (Å²) in [6.45, 7) is 0. The maximum absolute atomic E-state index is 3.23. The van der Waals surface area contributed by atoms with Gasteiger partial charge in [0, 0.05) is 0 Å². The summed E-state index contributed by atoms with van der Waals surface area (Å²) in [5, 5.41) is 0. The van der Waals surface area contributed by atoms with E-state index in [0.29, 0.717) is 0 Å². The summed E-state index contributed by atoms with van der Waals surface area (Å²) >= 11 is 12.8. The van der Waals surface area contributed by atoms with Crippen LogP contribution in [0.2, 0.25) is 0 Å². The molecule has 0 aromatic heterocycles. The lowest BCUT2D eigenvalue weighted by Gasteiger charge is -2.01. The minimum Gasteiger partial charge on any atom is -0.0468 e. The molecule has 0 aromatic rings. The molecule has 0 nitrogen and oxygen atoms in total. The van der Waals surface area contributed by atoms with Crippen molar-refractivity contribution in [3.63, 3.8) is 0 Å². The second kappa shape index (κ2) is 3.33. The molecule has 0 amide bonds. The Morgan fingerprint density at radius 1 is 1.17 bits per heavy atom.